The molecule has 2 aliphatic carbocycles. The minimum Gasteiger partial charge on any atom is -0.476 e. The average Bonchev–Trinajstić information content (AvgIpc) is 3.11. The van der Waals surface area contributed by atoms with Gasteiger partial charge in [-0.3, -0.25) is 9.69 Å². The summed E-state index contributed by atoms with van der Waals surface area (Å²) in [4.78, 5) is 38.8. The Kier molecular flexibility index (Phi) is 8.21. The van der Waals surface area contributed by atoms with E-state index >= 15 is 0 Å². The summed E-state index contributed by atoms with van der Waals surface area (Å²) in [5.41, 5.74) is 0.291. The molecule has 0 amide bonds. The van der Waals surface area contributed by atoms with Gasteiger partial charge in [0, 0.05) is 31.3 Å². The second kappa shape index (κ2) is 12.0. The maximum atomic E-state index is 14.1. The van der Waals surface area contributed by atoms with Crippen molar-refractivity contribution in [2.75, 3.05) is 20.3 Å². The number of benzene rings is 1. The Hall–Kier alpha value is -2.78. The van der Waals surface area contributed by atoms with Crippen LogP contribution in [0.5, 0.6) is 0 Å². The molecule has 2 saturated carbocycles. The Balaban J connectivity index is 1.33. The number of oxime groups is 1. The van der Waals surface area contributed by atoms with Crippen LogP contribution in [0.1, 0.15) is 88.8 Å². The fraction of sp³-hybridized carbons (Fsp3) is 0.677. The molecule has 0 spiro atoms. The van der Waals surface area contributed by atoms with Crippen molar-refractivity contribution in [1.82, 2.24) is 14.5 Å². The number of methoxy groups -OCH3 is 1. The summed E-state index contributed by atoms with van der Waals surface area (Å²) in [7, 11) is 1.52. The number of hydrogen-bond acceptors (Lipinski definition) is 7. The lowest BCUT2D eigenvalue weighted by atomic mass is 9.73. The van der Waals surface area contributed by atoms with E-state index in [1.807, 2.05) is 28.8 Å². The van der Waals surface area contributed by atoms with Gasteiger partial charge in [0.15, 0.2) is 5.69 Å². The lowest BCUT2D eigenvalue weighted by Crippen LogP contribution is -2.58. The average molecular weight is 551 g/mol. The fourth-order valence-electron chi connectivity index (χ4n) is 8.39. The Morgan fingerprint density at radius 3 is 2.30 bits per heavy atom. The molecule has 1 aromatic heterocycles. The minimum absolute atomic E-state index is 0.0129. The number of fused-ring (bicyclic) bond motifs is 5. The van der Waals surface area contributed by atoms with Crippen LogP contribution in [-0.2, 0) is 14.4 Å². The summed E-state index contributed by atoms with van der Waals surface area (Å²) in [5, 5.41) is 13.7. The molecule has 216 valence electrons. The van der Waals surface area contributed by atoms with Gasteiger partial charge in [-0.25, -0.2) is 9.78 Å². The maximum absolute atomic E-state index is 14.1. The number of piperidine rings is 2. The summed E-state index contributed by atoms with van der Waals surface area (Å²) >= 11 is 0. The van der Waals surface area contributed by atoms with Crippen molar-refractivity contribution in [3.63, 3.8) is 0 Å². The number of para-hydroxylation sites is 2. The molecular weight excluding hydrogens is 508 g/mol. The van der Waals surface area contributed by atoms with Crippen LogP contribution >= 0.6 is 0 Å². The van der Waals surface area contributed by atoms with Crippen molar-refractivity contribution in [2.24, 2.45) is 17.0 Å². The molecule has 9 heteroatoms. The van der Waals surface area contributed by atoms with Gasteiger partial charge < -0.3 is 19.2 Å². The van der Waals surface area contributed by atoms with Crippen molar-refractivity contribution in [1.29, 1.82) is 0 Å². The first kappa shape index (κ1) is 27.4. The zero-order valence-electron chi connectivity index (χ0n) is 23.5. The number of aromatic nitrogens is 2. The van der Waals surface area contributed by atoms with E-state index in [1.54, 1.807) is 0 Å². The lowest BCUT2D eigenvalue weighted by molar-refractivity contribution is -0.129. The number of carbonyl (C=O) groups is 1. The number of ether oxygens (including phenoxy) is 1. The van der Waals surface area contributed by atoms with E-state index in [0.29, 0.717) is 23.6 Å². The van der Waals surface area contributed by atoms with Crippen LogP contribution in [0.25, 0.3) is 11.0 Å². The molecule has 0 radical (unpaired) electrons. The van der Waals surface area contributed by atoms with E-state index in [1.165, 1.54) is 71.3 Å². The highest BCUT2D eigenvalue weighted by atomic mass is 16.6. The summed E-state index contributed by atoms with van der Waals surface area (Å²) in [6.45, 7) is 0.343. The van der Waals surface area contributed by atoms with E-state index < -0.39 is 17.2 Å². The van der Waals surface area contributed by atoms with Crippen molar-refractivity contribution in [3.05, 3.63) is 40.3 Å². The predicted octanol–water partition coefficient (Wildman–Crippen LogP) is 4.77. The van der Waals surface area contributed by atoms with E-state index in [4.69, 9.17) is 9.57 Å². The van der Waals surface area contributed by atoms with Crippen molar-refractivity contribution < 1.29 is 19.5 Å². The molecule has 4 aliphatic rings. The molecule has 1 N–H and O–H groups in total. The van der Waals surface area contributed by atoms with E-state index in [9.17, 15) is 14.7 Å². The van der Waals surface area contributed by atoms with Gasteiger partial charge in [0.2, 0.25) is 5.71 Å². The number of rotatable bonds is 8. The monoisotopic (exact) mass is 550 g/mol. The molecule has 6 rings (SSSR count). The van der Waals surface area contributed by atoms with Crippen LogP contribution in [0.15, 0.2) is 34.2 Å². The molecule has 2 saturated heterocycles. The van der Waals surface area contributed by atoms with Gasteiger partial charge in [-0.2, -0.15) is 0 Å². The molecule has 3 heterocycles. The predicted molar refractivity (Wildman–Crippen MR) is 153 cm³/mol. The summed E-state index contributed by atoms with van der Waals surface area (Å²) in [6, 6.07) is 9.09. The molecule has 2 unspecified atom stereocenters. The van der Waals surface area contributed by atoms with Crippen LogP contribution in [0.4, 0.5) is 0 Å². The standard InChI is InChI=1S/C31H42N4O5/c1-39-13-14-40-33-29(31(37)38)28-30(36)35(27-12-5-4-11-26(27)32-28)25-18-22-9-6-10-23(19-25)34(22)24-16-20-7-2-3-8-21(15-20)17-24/h4-5,11-12,20-25H,2-3,6-10,13-19H2,1H3,(H,37,38)/b33-29-/t20-,21+,22-,23+,24?,25?. The fourth-order valence-corrected chi connectivity index (χ4v) is 8.39. The summed E-state index contributed by atoms with van der Waals surface area (Å²) in [6.07, 6.45) is 15.0. The molecule has 2 aromatic rings. The molecular formula is C31H42N4O5. The van der Waals surface area contributed by atoms with Gasteiger partial charge >= 0.3 is 5.97 Å². The molecule has 1 aromatic carbocycles. The third-order valence-electron chi connectivity index (χ3n) is 9.90. The quantitative estimate of drug-likeness (QED) is 0.287. The van der Waals surface area contributed by atoms with Crippen molar-refractivity contribution >= 4 is 22.7 Å². The van der Waals surface area contributed by atoms with Gasteiger partial charge in [0.1, 0.15) is 6.61 Å². The highest BCUT2D eigenvalue weighted by Crippen LogP contribution is 2.47. The molecule has 4 fully saturated rings. The molecule has 9 nitrogen and oxygen atoms in total. The molecule has 4 bridgehead atoms. The van der Waals surface area contributed by atoms with Gasteiger partial charge in [0.05, 0.1) is 17.6 Å². The van der Waals surface area contributed by atoms with Gasteiger partial charge in [-0.15, -0.1) is 0 Å². The maximum Gasteiger partial charge on any atom is 0.360 e. The van der Waals surface area contributed by atoms with E-state index in [2.05, 4.69) is 15.0 Å². The van der Waals surface area contributed by atoms with Crippen LogP contribution in [0.2, 0.25) is 0 Å². The normalized spacial score (nSPS) is 31.1. The van der Waals surface area contributed by atoms with Crippen LogP contribution < -0.4 is 5.56 Å². The summed E-state index contributed by atoms with van der Waals surface area (Å²) in [5.74, 6) is 0.409. The largest absolute Gasteiger partial charge is 0.476 e. The third-order valence-corrected chi connectivity index (χ3v) is 9.90. The number of aliphatic carboxylic acids is 1. The van der Waals surface area contributed by atoms with Crippen molar-refractivity contribution in [2.45, 2.75) is 101 Å². The zero-order chi connectivity index (χ0) is 27.6. The second-order valence-corrected chi connectivity index (χ2v) is 12.4. The van der Waals surface area contributed by atoms with E-state index in [-0.39, 0.29) is 24.9 Å². The van der Waals surface area contributed by atoms with E-state index in [0.717, 1.165) is 30.2 Å². The van der Waals surface area contributed by atoms with Crippen LogP contribution in [0, 0.1) is 11.8 Å². The minimum atomic E-state index is -1.34. The van der Waals surface area contributed by atoms with Gasteiger partial charge in [-0.1, -0.05) is 49.4 Å². The molecule has 6 atom stereocenters. The first-order valence-corrected chi connectivity index (χ1v) is 15.2. The SMILES string of the molecule is COCCO/N=C(\C(=O)O)c1nc2ccccc2n(C2C[C@H]3CCC[C@@H](C2)N3C2C[C@H]3CCCC[C@@H](C2)C3)c1=O. The Morgan fingerprint density at radius 1 is 0.925 bits per heavy atom. The number of carboxylic acid groups (broad SMARTS) is 1. The second-order valence-electron chi connectivity index (χ2n) is 12.4. The van der Waals surface area contributed by atoms with Crippen LogP contribution in [0.3, 0.4) is 0 Å². The Morgan fingerprint density at radius 2 is 1.62 bits per heavy atom. The van der Waals surface area contributed by atoms with Crippen molar-refractivity contribution in [3.8, 4) is 0 Å². The topological polar surface area (TPSA) is 106 Å². The highest BCUT2D eigenvalue weighted by Gasteiger charge is 2.45. The van der Waals surface area contributed by atoms with Gasteiger partial charge in [0.25, 0.3) is 5.56 Å². The summed E-state index contributed by atoms with van der Waals surface area (Å²) < 4.78 is 6.79. The number of nitrogens with zero attached hydrogens (tertiary/aromatic N) is 4. The number of carboxylic acids is 1. The zero-order valence-corrected chi connectivity index (χ0v) is 23.5. The Bertz CT molecular complexity index is 1280. The molecule has 2 aliphatic heterocycles. The van der Waals surface area contributed by atoms with Crippen LogP contribution in [-0.4, -0.2) is 69.7 Å². The first-order chi connectivity index (χ1) is 19.5. The Labute approximate surface area is 235 Å². The first-order valence-electron chi connectivity index (χ1n) is 15.2. The molecule has 40 heavy (non-hydrogen) atoms. The lowest BCUT2D eigenvalue weighted by Gasteiger charge is -2.54. The third kappa shape index (κ3) is 5.42. The highest BCUT2D eigenvalue weighted by molar-refractivity contribution is 6.41. The number of hydrogen-bond donors (Lipinski definition) is 1. The van der Waals surface area contributed by atoms with Gasteiger partial charge in [-0.05, 0) is 68.9 Å². The smallest absolute Gasteiger partial charge is 0.360 e.